The van der Waals surface area contributed by atoms with Crippen LogP contribution in [0.1, 0.15) is 42.5 Å². The number of benzene rings is 2. The van der Waals surface area contributed by atoms with E-state index in [4.69, 9.17) is 4.74 Å². The van der Waals surface area contributed by atoms with Crippen LogP contribution in [0.25, 0.3) is 10.8 Å². The number of hydrogen-bond donors (Lipinski definition) is 0. The van der Waals surface area contributed by atoms with Gasteiger partial charge in [-0.3, -0.25) is 0 Å². The number of esters is 1. The van der Waals surface area contributed by atoms with Gasteiger partial charge in [0.1, 0.15) is 0 Å². The lowest BCUT2D eigenvalue weighted by Crippen LogP contribution is -2.44. The van der Waals surface area contributed by atoms with Gasteiger partial charge in [0, 0.05) is 17.2 Å². The SMILES string of the molecule is O=C1OC2(CC3CC2C2CCCC32)Sc2ccc3ccccc3c21. The molecule has 0 amide bonds. The molecule has 5 unspecified atom stereocenters. The molecule has 6 rings (SSSR count). The van der Waals surface area contributed by atoms with Gasteiger partial charge in [-0.2, -0.15) is 0 Å². The standard InChI is InChI=1S/C21H20O2S/c22-20-19-15-5-2-1-4-12(15)8-9-18(19)24-21(23-20)11-13-10-17(21)16-7-3-6-14(13)16/h1-2,4-5,8-9,13-14,16-17H,3,6-7,10-11H2. The molecule has 1 spiro atoms. The summed E-state index contributed by atoms with van der Waals surface area (Å²) in [6.07, 6.45) is 6.47. The highest BCUT2D eigenvalue weighted by Gasteiger charge is 2.64. The number of fused-ring (bicyclic) bond motifs is 9. The maximum absolute atomic E-state index is 13.0. The zero-order valence-electron chi connectivity index (χ0n) is 13.5. The smallest absolute Gasteiger partial charge is 0.341 e. The summed E-state index contributed by atoms with van der Waals surface area (Å²) < 4.78 is 6.24. The molecule has 3 fully saturated rings. The van der Waals surface area contributed by atoms with Gasteiger partial charge in [-0.1, -0.05) is 48.5 Å². The molecule has 0 N–H and O–H groups in total. The van der Waals surface area contributed by atoms with E-state index in [9.17, 15) is 4.79 Å². The van der Waals surface area contributed by atoms with Gasteiger partial charge in [-0.25, -0.2) is 4.79 Å². The minimum atomic E-state index is -0.275. The van der Waals surface area contributed by atoms with Gasteiger partial charge >= 0.3 is 5.97 Å². The lowest BCUT2D eigenvalue weighted by atomic mass is 9.79. The first kappa shape index (κ1) is 13.8. The molecule has 1 heterocycles. The molecule has 0 aromatic heterocycles. The number of carbonyl (C=O) groups is 1. The quantitative estimate of drug-likeness (QED) is 0.614. The average molecular weight is 336 g/mol. The van der Waals surface area contributed by atoms with Crippen LogP contribution in [0.3, 0.4) is 0 Å². The van der Waals surface area contributed by atoms with E-state index < -0.39 is 0 Å². The van der Waals surface area contributed by atoms with Crippen molar-refractivity contribution in [2.24, 2.45) is 23.7 Å². The number of hydrogen-bond acceptors (Lipinski definition) is 3. The monoisotopic (exact) mass is 336 g/mol. The van der Waals surface area contributed by atoms with E-state index in [1.54, 1.807) is 0 Å². The third-order valence-corrected chi connectivity index (χ3v) is 8.52. The molecule has 0 saturated heterocycles. The van der Waals surface area contributed by atoms with Gasteiger partial charge in [0.15, 0.2) is 4.93 Å². The van der Waals surface area contributed by atoms with Crippen LogP contribution in [0.15, 0.2) is 41.3 Å². The number of carbonyl (C=O) groups excluding carboxylic acids is 1. The molecular weight excluding hydrogens is 316 g/mol. The Labute approximate surface area is 146 Å². The fourth-order valence-electron chi connectivity index (χ4n) is 6.23. The van der Waals surface area contributed by atoms with Crippen LogP contribution in [0.5, 0.6) is 0 Å². The van der Waals surface area contributed by atoms with Gasteiger partial charge in [-0.15, -0.1) is 0 Å². The van der Waals surface area contributed by atoms with Crippen LogP contribution in [0.4, 0.5) is 0 Å². The van der Waals surface area contributed by atoms with Crippen LogP contribution in [-0.2, 0) is 4.74 Å². The van der Waals surface area contributed by atoms with E-state index in [0.717, 1.165) is 45.4 Å². The summed E-state index contributed by atoms with van der Waals surface area (Å²) in [4.78, 5) is 13.9. The maximum atomic E-state index is 13.0. The van der Waals surface area contributed by atoms with Gasteiger partial charge < -0.3 is 4.74 Å². The molecule has 1 aliphatic heterocycles. The van der Waals surface area contributed by atoms with E-state index in [0.29, 0.717) is 5.92 Å². The van der Waals surface area contributed by atoms with Crippen molar-refractivity contribution in [2.75, 3.05) is 0 Å². The fraction of sp³-hybridized carbons (Fsp3) is 0.476. The Hall–Kier alpha value is -1.48. The Bertz CT molecular complexity index is 875. The van der Waals surface area contributed by atoms with Crippen LogP contribution in [0.2, 0.25) is 0 Å². The largest absolute Gasteiger partial charge is 0.444 e. The molecule has 2 bridgehead atoms. The van der Waals surface area contributed by atoms with Gasteiger partial charge in [0.05, 0.1) is 5.56 Å². The van der Waals surface area contributed by atoms with E-state index in [1.807, 2.05) is 30.0 Å². The van der Waals surface area contributed by atoms with Crippen LogP contribution < -0.4 is 0 Å². The molecule has 122 valence electrons. The molecule has 3 heteroatoms. The minimum Gasteiger partial charge on any atom is -0.444 e. The van der Waals surface area contributed by atoms with Crippen LogP contribution >= 0.6 is 11.8 Å². The van der Waals surface area contributed by atoms with Crippen molar-refractivity contribution in [3.63, 3.8) is 0 Å². The highest BCUT2D eigenvalue weighted by molar-refractivity contribution is 8.00. The van der Waals surface area contributed by atoms with Gasteiger partial charge in [0.25, 0.3) is 0 Å². The second kappa shape index (κ2) is 4.57. The zero-order chi connectivity index (χ0) is 15.9. The molecule has 2 aromatic carbocycles. The van der Waals surface area contributed by atoms with E-state index >= 15 is 0 Å². The Balaban J connectivity index is 1.47. The fourth-order valence-corrected chi connectivity index (χ4v) is 7.87. The van der Waals surface area contributed by atoms with Crippen molar-refractivity contribution in [1.29, 1.82) is 0 Å². The van der Waals surface area contributed by atoms with Crippen molar-refractivity contribution in [3.8, 4) is 0 Å². The molecule has 4 aliphatic rings. The van der Waals surface area contributed by atoms with E-state index in [1.165, 1.54) is 25.7 Å². The molecule has 2 aromatic rings. The highest BCUT2D eigenvalue weighted by atomic mass is 32.2. The molecule has 24 heavy (non-hydrogen) atoms. The lowest BCUT2D eigenvalue weighted by Gasteiger charge is -2.44. The molecule has 3 saturated carbocycles. The van der Waals surface area contributed by atoms with Crippen LogP contribution in [0, 0.1) is 23.7 Å². The van der Waals surface area contributed by atoms with Crippen molar-refractivity contribution in [2.45, 2.75) is 41.9 Å². The van der Waals surface area contributed by atoms with Gasteiger partial charge in [0.2, 0.25) is 0 Å². The van der Waals surface area contributed by atoms with Crippen molar-refractivity contribution < 1.29 is 9.53 Å². The molecule has 0 radical (unpaired) electrons. The predicted molar refractivity (Wildman–Crippen MR) is 95.0 cm³/mol. The predicted octanol–water partition coefficient (Wildman–Crippen LogP) is 5.25. The summed E-state index contributed by atoms with van der Waals surface area (Å²) >= 11 is 1.85. The Kier molecular flexibility index (Phi) is 2.62. The second-order valence-electron chi connectivity index (χ2n) is 8.03. The second-order valence-corrected chi connectivity index (χ2v) is 9.36. The Morgan fingerprint density at radius 3 is 2.92 bits per heavy atom. The molecular formula is C21H20O2S. The summed E-state index contributed by atoms with van der Waals surface area (Å²) in [6.45, 7) is 0. The van der Waals surface area contributed by atoms with Gasteiger partial charge in [-0.05, 0) is 53.9 Å². The minimum absolute atomic E-state index is 0.0948. The third-order valence-electron chi connectivity index (χ3n) is 7.06. The van der Waals surface area contributed by atoms with E-state index in [-0.39, 0.29) is 10.9 Å². The zero-order valence-corrected chi connectivity index (χ0v) is 14.4. The lowest BCUT2D eigenvalue weighted by molar-refractivity contribution is -0.0181. The van der Waals surface area contributed by atoms with Crippen molar-refractivity contribution in [3.05, 3.63) is 42.0 Å². The average Bonchev–Trinajstić information content (AvgIpc) is 3.26. The van der Waals surface area contributed by atoms with Crippen molar-refractivity contribution >= 4 is 28.5 Å². The number of ether oxygens (including phenoxy) is 1. The summed E-state index contributed by atoms with van der Waals surface area (Å²) in [5, 5.41) is 2.15. The molecule has 3 aliphatic carbocycles. The number of rotatable bonds is 0. The summed E-state index contributed by atoms with van der Waals surface area (Å²) in [5.41, 5.74) is 0.787. The topological polar surface area (TPSA) is 26.3 Å². The van der Waals surface area contributed by atoms with E-state index in [2.05, 4.69) is 18.2 Å². The Morgan fingerprint density at radius 1 is 1.08 bits per heavy atom. The first-order valence-electron chi connectivity index (χ1n) is 9.19. The third kappa shape index (κ3) is 1.62. The maximum Gasteiger partial charge on any atom is 0.341 e. The summed E-state index contributed by atoms with van der Waals surface area (Å²) in [6, 6.07) is 12.4. The first-order chi connectivity index (χ1) is 11.8. The summed E-state index contributed by atoms with van der Waals surface area (Å²) in [5.74, 6) is 2.97. The molecule has 5 atom stereocenters. The van der Waals surface area contributed by atoms with Crippen LogP contribution in [-0.4, -0.2) is 10.9 Å². The first-order valence-corrected chi connectivity index (χ1v) is 10.0. The van der Waals surface area contributed by atoms with Crippen molar-refractivity contribution in [1.82, 2.24) is 0 Å². The normalized spacial score (nSPS) is 39.2. The highest BCUT2D eigenvalue weighted by Crippen LogP contribution is 2.68. The summed E-state index contributed by atoms with van der Waals surface area (Å²) in [7, 11) is 0. The molecule has 2 nitrogen and oxygen atoms in total. The number of thioether (sulfide) groups is 1. The Morgan fingerprint density at radius 2 is 1.96 bits per heavy atom.